The van der Waals surface area contributed by atoms with Crippen LogP contribution in [0.5, 0.6) is 5.75 Å². The molecule has 0 bridgehead atoms. The van der Waals surface area contributed by atoms with Gasteiger partial charge in [-0.05, 0) is 18.2 Å². The van der Waals surface area contributed by atoms with E-state index in [9.17, 15) is 4.39 Å². The van der Waals surface area contributed by atoms with Gasteiger partial charge in [0.25, 0.3) is 0 Å². The lowest BCUT2D eigenvalue weighted by Crippen LogP contribution is -2.23. The molecule has 1 aliphatic heterocycles. The molecule has 1 unspecified atom stereocenters. The van der Waals surface area contributed by atoms with Gasteiger partial charge in [-0.2, -0.15) is 0 Å². The lowest BCUT2D eigenvalue weighted by atomic mass is 9.95. The van der Waals surface area contributed by atoms with E-state index in [0.717, 1.165) is 23.5 Å². The van der Waals surface area contributed by atoms with Gasteiger partial charge in [-0.25, -0.2) is 14.4 Å². The van der Waals surface area contributed by atoms with Gasteiger partial charge < -0.3 is 14.8 Å². The SMILES string of the molecule is COCc1cc(NC2CCOc3ccc(F)cc32)nc(C(C)(C)C)n1. The van der Waals surface area contributed by atoms with E-state index < -0.39 is 0 Å². The number of nitrogens with zero attached hydrogens (tertiary/aromatic N) is 2. The van der Waals surface area contributed by atoms with Gasteiger partial charge in [-0.3, -0.25) is 0 Å². The fourth-order valence-electron chi connectivity index (χ4n) is 2.82. The van der Waals surface area contributed by atoms with Crippen LogP contribution in [0.15, 0.2) is 24.3 Å². The minimum Gasteiger partial charge on any atom is -0.493 e. The average molecular weight is 345 g/mol. The summed E-state index contributed by atoms with van der Waals surface area (Å²) in [6.07, 6.45) is 0.741. The molecule has 25 heavy (non-hydrogen) atoms. The maximum Gasteiger partial charge on any atom is 0.136 e. The zero-order chi connectivity index (χ0) is 18.0. The van der Waals surface area contributed by atoms with Crippen LogP contribution in [-0.4, -0.2) is 23.7 Å². The topological polar surface area (TPSA) is 56.3 Å². The van der Waals surface area contributed by atoms with Gasteiger partial charge in [-0.1, -0.05) is 20.8 Å². The maximum absolute atomic E-state index is 13.7. The van der Waals surface area contributed by atoms with Gasteiger partial charge in [0.05, 0.1) is 24.9 Å². The van der Waals surface area contributed by atoms with Crippen molar-refractivity contribution in [1.82, 2.24) is 9.97 Å². The fourth-order valence-corrected chi connectivity index (χ4v) is 2.82. The fraction of sp³-hybridized carbons (Fsp3) is 0.474. The van der Waals surface area contributed by atoms with Crippen molar-refractivity contribution in [1.29, 1.82) is 0 Å². The van der Waals surface area contributed by atoms with Gasteiger partial charge in [0.1, 0.15) is 23.2 Å². The summed E-state index contributed by atoms with van der Waals surface area (Å²) in [5.41, 5.74) is 1.45. The molecule has 6 heteroatoms. The van der Waals surface area contributed by atoms with Crippen molar-refractivity contribution in [2.75, 3.05) is 19.0 Å². The van der Waals surface area contributed by atoms with E-state index in [1.54, 1.807) is 13.2 Å². The average Bonchev–Trinajstić information content (AvgIpc) is 2.55. The first-order chi connectivity index (χ1) is 11.9. The lowest BCUT2D eigenvalue weighted by Gasteiger charge is -2.28. The molecule has 1 aromatic heterocycles. The Morgan fingerprint density at radius 1 is 1.28 bits per heavy atom. The number of halogens is 1. The normalized spacial score (nSPS) is 16.9. The van der Waals surface area contributed by atoms with E-state index in [1.807, 2.05) is 6.07 Å². The molecule has 1 N–H and O–H groups in total. The van der Waals surface area contributed by atoms with Crippen LogP contribution < -0.4 is 10.1 Å². The van der Waals surface area contributed by atoms with Crippen molar-refractivity contribution in [2.45, 2.75) is 45.3 Å². The van der Waals surface area contributed by atoms with Crippen molar-refractivity contribution in [3.05, 3.63) is 47.2 Å². The summed E-state index contributed by atoms with van der Waals surface area (Å²) in [5.74, 6) is 1.91. The first-order valence-corrected chi connectivity index (χ1v) is 8.43. The van der Waals surface area contributed by atoms with E-state index in [-0.39, 0.29) is 17.3 Å². The summed E-state index contributed by atoms with van der Waals surface area (Å²) in [6, 6.07) is 6.44. The number of rotatable bonds is 4. The summed E-state index contributed by atoms with van der Waals surface area (Å²) < 4.78 is 24.5. The Balaban J connectivity index is 1.93. The van der Waals surface area contributed by atoms with Crippen LogP contribution in [0.2, 0.25) is 0 Å². The molecule has 0 fully saturated rings. The number of anilines is 1. The van der Waals surface area contributed by atoms with Crippen molar-refractivity contribution in [3.8, 4) is 5.75 Å². The molecule has 0 saturated heterocycles. The van der Waals surface area contributed by atoms with Crippen LogP contribution in [0.3, 0.4) is 0 Å². The molecule has 0 saturated carbocycles. The minimum atomic E-state index is -0.269. The molecule has 2 aromatic rings. The quantitative estimate of drug-likeness (QED) is 0.908. The van der Waals surface area contributed by atoms with E-state index in [4.69, 9.17) is 9.47 Å². The minimum absolute atomic E-state index is 0.0578. The Hall–Kier alpha value is -2.21. The number of nitrogens with one attached hydrogen (secondary N) is 1. The molecule has 1 aliphatic rings. The van der Waals surface area contributed by atoms with Crippen molar-refractivity contribution >= 4 is 5.82 Å². The Bertz CT molecular complexity index is 759. The largest absolute Gasteiger partial charge is 0.493 e. The zero-order valence-corrected chi connectivity index (χ0v) is 15.1. The Kier molecular flexibility index (Phi) is 4.90. The van der Waals surface area contributed by atoms with Crippen LogP contribution >= 0.6 is 0 Å². The second kappa shape index (κ2) is 6.96. The summed E-state index contributed by atoms with van der Waals surface area (Å²) in [6.45, 7) is 7.21. The highest BCUT2D eigenvalue weighted by Gasteiger charge is 2.24. The molecular weight excluding hydrogens is 321 g/mol. The summed E-state index contributed by atoms with van der Waals surface area (Å²) in [7, 11) is 1.64. The van der Waals surface area contributed by atoms with Crippen LogP contribution in [0.4, 0.5) is 10.2 Å². The highest BCUT2D eigenvalue weighted by molar-refractivity contribution is 5.45. The molecule has 5 nitrogen and oxygen atoms in total. The Morgan fingerprint density at radius 2 is 2.08 bits per heavy atom. The molecule has 0 spiro atoms. The van der Waals surface area contributed by atoms with Crippen molar-refractivity contribution in [3.63, 3.8) is 0 Å². The molecular formula is C19H24FN3O2. The number of hydrogen-bond donors (Lipinski definition) is 1. The Labute approximate surface area is 147 Å². The predicted octanol–water partition coefficient (Wildman–Crippen LogP) is 4.00. The third kappa shape index (κ3) is 4.07. The highest BCUT2D eigenvalue weighted by Crippen LogP contribution is 2.35. The van der Waals surface area contributed by atoms with E-state index >= 15 is 0 Å². The van der Waals surface area contributed by atoms with Gasteiger partial charge in [-0.15, -0.1) is 0 Å². The molecule has 134 valence electrons. The molecule has 1 aromatic carbocycles. The monoisotopic (exact) mass is 345 g/mol. The van der Waals surface area contributed by atoms with E-state index in [2.05, 4.69) is 36.1 Å². The third-order valence-corrected chi connectivity index (χ3v) is 4.08. The van der Waals surface area contributed by atoms with E-state index in [1.165, 1.54) is 12.1 Å². The molecule has 1 atom stereocenters. The number of hydrogen-bond acceptors (Lipinski definition) is 5. The number of methoxy groups -OCH3 is 1. The zero-order valence-electron chi connectivity index (χ0n) is 15.1. The molecule has 3 rings (SSSR count). The molecule has 2 heterocycles. The summed E-state index contributed by atoms with van der Waals surface area (Å²) in [5, 5.41) is 3.42. The lowest BCUT2D eigenvalue weighted by molar-refractivity contribution is 0.181. The molecule has 0 radical (unpaired) electrons. The van der Waals surface area contributed by atoms with Crippen LogP contribution in [0, 0.1) is 5.82 Å². The number of ether oxygens (including phenoxy) is 2. The van der Waals surface area contributed by atoms with Crippen molar-refractivity contribution < 1.29 is 13.9 Å². The van der Waals surface area contributed by atoms with Gasteiger partial charge in [0, 0.05) is 30.6 Å². The third-order valence-electron chi connectivity index (χ3n) is 4.08. The highest BCUT2D eigenvalue weighted by atomic mass is 19.1. The van der Waals surface area contributed by atoms with Gasteiger partial charge in [0.2, 0.25) is 0 Å². The number of fused-ring (bicyclic) bond motifs is 1. The summed E-state index contributed by atoms with van der Waals surface area (Å²) in [4.78, 5) is 9.25. The van der Waals surface area contributed by atoms with E-state index in [0.29, 0.717) is 24.8 Å². The standard InChI is InChI=1S/C19H24FN3O2/c1-19(2,3)18-21-13(11-24-4)10-17(23-18)22-15-7-8-25-16-6-5-12(20)9-14(15)16/h5-6,9-10,15H,7-8,11H2,1-4H3,(H,21,22,23). The first kappa shape index (κ1) is 17.6. The second-order valence-electron chi connectivity index (χ2n) is 7.27. The first-order valence-electron chi connectivity index (χ1n) is 8.43. The maximum atomic E-state index is 13.7. The Morgan fingerprint density at radius 3 is 2.80 bits per heavy atom. The molecule has 0 amide bonds. The summed E-state index contributed by atoms with van der Waals surface area (Å²) >= 11 is 0. The predicted molar refractivity (Wildman–Crippen MR) is 94.3 cm³/mol. The van der Waals surface area contributed by atoms with Crippen LogP contribution in [0.25, 0.3) is 0 Å². The van der Waals surface area contributed by atoms with Crippen LogP contribution in [0.1, 0.15) is 50.3 Å². The number of benzene rings is 1. The van der Waals surface area contributed by atoms with Gasteiger partial charge >= 0.3 is 0 Å². The molecule has 0 aliphatic carbocycles. The van der Waals surface area contributed by atoms with Crippen molar-refractivity contribution in [2.24, 2.45) is 0 Å². The smallest absolute Gasteiger partial charge is 0.136 e. The second-order valence-corrected chi connectivity index (χ2v) is 7.27. The van der Waals surface area contributed by atoms with Crippen LogP contribution in [-0.2, 0) is 16.8 Å². The van der Waals surface area contributed by atoms with Gasteiger partial charge in [0.15, 0.2) is 0 Å². The number of aromatic nitrogens is 2.